The fourth-order valence-electron chi connectivity index (χ4n) is 2.57. The first-order chi connectivity index (χ1) is 14.3. The van der Waals surface area contributed by atoms with Crippen molar-refractivity contribution in [3.8, 4) is 0 Å². The molecule has 13 heteroatoms. The molecule has 0 saturated heterocycles. The summed E-state index contributed by atoms with van der Waals surface area (Å²) in [5, 5.41) is 2.41. The van der Waals surface area contributed by atoms with Gasteiger partial charge in [0.15, 0.2) is 0 Å². The van der Waals surface area contributed by atoms with Crippen LogP contribution in [0, 0.1) is 0 Å². The van der Waals surface area contributed by atoms with Gasteiger partial charge in [0.1, 0.15) is 0 Å². The van der Waals surface area contributed by atoms with Crippen molar-refractivity contribution in [3.05, 3.63) is 59.7 Å². The van der Waals surface area contributed by atoms with Gasteiger partial charge in [-0.3, -0.25) is 4.79 Å². The van der Waals surface area contributed by atoms with Crippen LogP contribution in [-0.4, -0.2) is 35.8 Å². The summed E-state index contributed by atoms with van der Waals surface area (Å²) < 4.78 is 91.9. The van der Waals surface area contributed by atoms with Gasteiger partial charge in [-0.25, -0.2) is 21.6 Å². The Morgan fingerprint density at radius 2 is 1.65 bits per heavy atom. The first-order valence-electron chi connectivity index (χ1n) is 8.76. The summed E-state index contributed by atoms with van der Waals surface area (Å²) in [7, 11) is -7.10. The summed E-state index contributed by atoms with van der Waals surface area (Å²) in [6.45, 7) is 1.04. The standard InChI is InChI=1S/C18H20F3N3O5S2/c1-12(24-31(28,29)16-9-4-3-8-15(16)18(19,20)21)17(25)23-11-13-6-5-7-14(10-13)30(26,27)22-2/h3-10,12,22,24H,11H2,1-2H3,(H,23,25)/t12-/m0/s1. The van der Waals surface area contributed by atoms with Crippen LogP contribution in [0.5, 0.6) is 0 Å². The van der Waals surface area contributed by atoms with Crippen LogP contribution in [0.3, 0.4) is 0 Å². The van der Waals surface area contributed by atoms with Gasteiger partial charge in [-0.15, -0.1) is 0 Å². The summed E-state index contributed by atoms with van der Waals surface area (Å²) in [4.78, 5) is 11.2. The molecule has 0 aliphatic rings. The molecule has 31 heavy (non-hydrogen) atoms. The highest BCUT2D eigenvalue weighted by molar-refractivity contribution is 7.89. The monoisotopic (exact) mass is 479 g/mol. The Hall–Kier alpha value is -2.48. The zero-order valence-electron chi connectivity index (χ0n) is 16.4. The Balaban J connectivity index is 2.11. The van der Waals surface area contributed by atoms with Crippen LogP contribution in [0.2, 0.25) is 0 Å². The molecule has 0 bridgehead atoms. The molecular weight excluding hydrogens is 459 g/mol. The summed E-state index contributed by atoms with van der Waals surface area (Å²) in [5.74, 6) is -0.810. The van der Waals surface area contributed by atoms with Crippen LogP contribution in [-0.2, 0) is 37.6 Å². The molecule has 0 unspecified atom stereocenters. The second kappa shape index (κ2) is 9.34. The van der Waals surface area contributed by atoms with E-state index in [1.54, 1.807) is 6.07 Å². The van der Waals surface area contributed by atoms with Crippen molar-refractivity contribution in [1.82, 2.24) is 14.8 Å². The highest BCUT2D eigenvalue weighted by atomic mass is 32.2. The number of hydrogen-bond donors (Lipinski definition) is 3. The van der Waals surface area contributed by atoms with Gasteiger partial charge in [0.25, 0.3) is 0 Å². The number of hydrogen-bond acceptors (Lipinski definition) is 5. The van der Waals surface area contributed by atoms with Crippen molar-refractivity contribution in [2.45, 2.75) is 35.5 Å². The Kier molecular flexibility index (Phi) is 7.47. The van der Waals surface area contributed by atoms with Crippen molar-refractivity contribution in [2.24, 2.45) is 0 Å². The molecule has 0 aliphatic heterocycles. The van der Waals surface area contributed by atoms with Gasteiger partial charge < -0.3 is 5.32 Å². The van der Waals surface area contributed by atoms with E-state index in [4.69, 9.17) is 0 Å². The van der Waals surface area contributed by atoms with Crippen LogP contribution in [0.15, 0.2) is 58.3 Å². The lowest BCUT2D eigenvalue weighted by Crippen LogP contribution is -2.44. The van der Waals surface area contributed by atoms with E-state index in [1.807, 2.05) is 4.72 Å². The Morgan fingerprint density at radius 1 is 1.00 bits per heavy atom. The first-order valence-corrected chi connectivity index (χ1v) is 11.7. The fourth-order valence-corrected chi connectivity index (χ4v) is 4.80. The number of benzene rings is 2. The lowest BCUT2D eigenvalue weighted by atomic mass is 10.2. The molecular formula is C18H20F3N3O5S2. The van der Waals surface area contributed by atoms with E-state index in [2.05, 4.69) is 10.0 Å². The van der Waals surface area contributed by atoms with Crippen molar-refractivity contribution in [3.63, 3.8) is 0 Å². The minimum Gasteiger partial charge on any atom is -0.351 e. The molecule has 2 aromatic rings. The van der Waals surface area contributed by atoms with Gasteiger partial charge in [0.2, 0.25) is 26.0 Å². The molecule has 0 saturated carbocycles. The molecule has 0 aromatic heterocycles. The summed E-state index contributed by atoms with van der Waals surface area (Å²) >= 11 is 0. The maximum Gasteiger partial charge on any atom is 0.417 e. The summed E-state index contributed by atoms with van der Waals surface area (Å²) in [6.07, 6.45) is -4.89. The third kappa shape index (κ3) is 6.26. The van der Waals surface area contributed by atoms with Crippen LogP contribution < -0.4 is 14.8 Å². The average Bonchev–Trinajstić information content (AvgIpc) is 2.71. The van der Waals surface area contributed by atoms with E-state index in [9.17, 15) is 34.8 Å². The number of halogens is 3. The molecule has 8 nitrogen and oxygen atoms in total. The Bertz CT molecular complexity index is 1170. The smallest absolute Gasteiger partial charge is 0.351 e. The zero-order valence-corrected chi connectivity index (χ0v) is 18.0. The normalized spacial score (nSPS) is 13.6. The van der Waals surface area contributed by atoms with E-state index in [1.165, 1.54) is 32.2 Å². The second-order valence-electron chi connectivity index (χ2n) is 6.41. The van der Waals surface area contributed by atoms with Crippen LogP contribution in [0.25, 0.3) is 0 Å². The van der Waals surface area contributed by atoms with Gasteiger partial charge in [-0.2, -0.15) is 17.9 Å². The first kappa shape index (κ1) is 24.8. The zero-order chi connectivity index (χ0) is 23.4. The number of sulfonamides is 2. The largest absolute Gasteiger partial charge is 0.417 e. The van der Waals surface area contributed by atoms with E-state index in [-0.39, 0.29) is 11.4 Å². The number of carbonyl (C=O) groups is 1. The molecule has 0 fully saturated rings. The van der Waals surface area contributed by atoms with Gasteiger partial charge in [0, 0.05) is 6.54 Å². The third-order valence-electron chi connectivity index (χ3n) is 4.15. The van der Waals surface area contributed by atoms with Crippen molar-refractivity contribution < 1.29 is 34.8 Å². The lowest BCUT2D eigenvalue weighted by molar-refractivity contribution is -0.139. The van der Waals surface area contributed by atoms with Crippen LogP contribution in [0.4, 0.5) is 13.2 Å². The van der Waals surface area contributed by atoms with E-state index >= 15 is 0 Å². The maximum absolute atomic E-state index is 13.1. The minimum atomic E-state index is -4.89. The molecule has 1 atom stereocenters. The number of nitrogens with one attached hydrogen (secondary N) is 3. The van der Waals surface area contributed by atoms with Crippen LogP contribution in [0.1, 0.15) is 18.1 Å². The molecule has 0 radical (unpaired) electrons. The molecule has 2 rings (SSSR count). The van der Waals surface area contributed by atoms with Crippen LogP contribution >= 0.6 is 0 Å². The van der Waals surface area contributed by atoms with Gasteiger partial charge in [-0.05, 0) is 43.8 Å². The predicted octanol–water partition coefficient (Wildman–Crippen LogP) is 1.60. The highest BCUT2D eigenvalue weighted by Gasteiger charge is 2.37. The molecule has 0 aliphatic carbocycles. The quantitative estimate of drug-likeness (QED) is 0.531. The minimum absolute atomic E-state index is 0.0285. The van der Waals surface area contributed by atoms with E-state index in [0.29, 0.717) is 11.6 Å². The Labute approximate surface area is 178 Å². The average molecular weight is 480 g/mol. The van der Waals surface area contributed by atoms with E-state index < -0.39 is 48.6 Å². The number of rotatable bonds is 8. The number of amides is 1. The topological polar surface area (TPSA) is 121 Å². The molecule has 1 amide bonds. The lowest BCUT2D eigenvalue weighted by Gasteiger charge is -2.17. The SMILES string of the molecule is CNS(=O)(=O)c1cccc(CNC(=O)[C@H](C)NS(=O)(=O)c2ccccc2C(F)(F)F)c1. The van der Waals surface area contributed by atoms with Gasteiger partial charge in [0.05, 0.1) is 21.4 Å². The summed E-state index contributed by atoms with van der Waals surface area (Å²) in [6, 6.07) is 7.91. The molecule has 170 valence electrons. The van der Waals surface area contributed by atoms with Crippen molar-refractivity contribution in [2.75, 3.05) is 7.05 Å². The van der Waals surface area contributed by atoms with Crippen molar-refractivity contribution >= 4 is 26.0 Å². The third-order valence-corrected chi connectivity index (χ3v) is 7.16. The molecule has 0 spiro atoms. The van der Waals surface area contributed by atoms with Gasteiger partial charge in [-0.1, -0.05) is 24.3 Å². The number of carbonyl (C=O) groups excluding carboxylic acids is 1. The predicted molar refractivity (Wildman–Crippen MR) is 106 cm³/mol. The fraction of sp³-hybridized carbons (Fsp3) is 0.278. The van der Waals surface area contributed by atoms with E-state index in [0.717, 1.165) is 18.2 Å². The summed E-state index contributed by atoms with van der Waals surface area (Å²) in [5.41, 5.74) is -0.931. The van der Waals surface area contributed by atoms with Crippen molar-refractivity contribution in [1.29, 1.82) is 0 Å². The molecule has 2 aromatic carbocycles. The van der Waals surface area contributed by atoms with Gasteiger partial charge >= 0.3 is 6.18 Å². The Morgan fingerprint density at radius 3 is 2.26 bits per heavy atom. The maximum atomic E-state index is 13.1. The molecule has 0 heterocycles. The highest BCUT2D eigenvalue weighted by Crippen LogP contribution is 2.33. The molecule has 3 N–H and O–H groups in total. The second-order valence-corrected chi connectivity index (χ2v) is 9.98. The number of alkyl halides is 3.